The van der Waals surface area contributed by atoms with E-state index >= 15 is 0 Å². The molecule has 0 saturated heterocycles. The maximum absolute atomic E-state index is 5.79. The van der Waals surface area contributed by atoms with E-state index in [4.69, 9.17) is 40.7 Å². The Morgan fingerprint density at radius 2 is 1.83 bits per heavy atom. The summed E-state index contributed by atoms with van der Waals surface area (Å²) in [6.07, 6.45) is 0. The molecule has 1 aliphatic rings. The van der Waals surface area contributed by atoms with Gasteiger partial charge in [0.2, 0.25) is 5.82 Å². The van der Waals surface area contributed by atoms with Crippen molar-refractivity contribution < 1.29 is 23.5 Å². The number of nitrogens with zero attached hydrogens (tertiary/aromatic N) is 3. The lowest BCUT2D eigenvalue weighted by Gasteiger charge is -2.37. The van der Waals surface area contributed by atoms with Crippen LogP contribution >= 0.6 is 12.2 Å². The van der Waals surface area contributed by atoms with Gasteiger partial charge in [-0.2, -0.15) is 4.98 Å². The molecule has 1 atom stereocenters. The van der Waals surface area contributed by atoms with Gasteiger partial charge in [0.25, 0.3) is 5.89 Å². The van der Waals surface area contributed by atoms with Gasteiger partial charge in [0.15, 0.2) is 16.6 Å². The first kappa shape index (κ1) is 24.5. The second-order valence-electron chi connectivity index (χ2n) is 7.80. The molecule has 2 aromatic carbocycles. The average Bonchev–Trinajstić information content (AvgIpc) is 3.37. The zero-order valence-electron chi connectivity index (χ0n) is 20.3. The molecule has 10 heteroatoms. The Balaban J connectivity index is 1.79. The van der Waals surface area contributed by atoms with Gasteiger partial charge < -0.3 is 33.7 Å². The third-order valence-electron chi connectivity index (χ3n) is 5.84. The number of hydrogen-bond acceptors (Lipinski definition) is 8. The Kier molecular flexibility index (Phi) is 7.52. The molecule has 3 aromatic rings. The first-order chi connectivity index (χ1) is 17.0. The minimum Gasteiger partial charge on any atom is -0.497 e. The van der Waals surface area contributed by atoms with E-state index in [0.717, 1.165) is 28.1 Å². The lowest BCUT2D eigenvalue weighted by Crippen LogP contribution is -2.47. The van der Waals surface area contributed by atoms with Gasteiger partial charge in [-0.15, -0.1) is 0 Å². The standard InChI is InChI=1S/C25H28N4O5S/c1-15-21(24-27-23(28-34-24)17-9-10-19(32-4)20(14-17)33-5)22(16-7-6-8-18(13-16)31-3)26-25(35)29(15)11-12-30-2/h6-10,13-14,22H,11-12H2,1-5H3,(H,26,35). The number of benzene rings is 2. The molecule has 4 rings (SSSR count). The van der Waals surface area contributed by atoms with Crippen molar-refractivity contribution in [1.29, 1.82) is 0 Å². The third kappa shape index (κ3) is 4.94. The van der Waals surface area contributed by atoms with Crippen LogP contribution in [0.25, 0.3) is 17.0 Å². The first-order valence-corrected chi connectivity index (χ1v) is 11.4. The largest absolute Gasteiger partial charge is 0.497 e. The molecule has 0 radical (unpaired) electrons. The number of rotatable bonds is 9. The van der Waals surface area contributed by atoms with Crippen molar-refractivity contribution in [3.8, 4) is 28.6 Å². The van der Waals surface area contributed by atoms with Gasteiger partial charge in [0.05, 0.1) is 39.6 Å². The van der Waals surface area contributed by atoms with Crippen molar-refractivity contribution in [1.82, 2.24) is 20.4 Å². The molecule has 1 unspecified atom stereocenters. The van der Waals surface area contributed by atoms with E-state index in [0.29, 0.717) is 41.5 Å². The summed E-state index contributed by atoms with van der Waals surface area (Å²) in [5, 5.41) is 8.27. The number of nitrogens with one attached hydrogen (secondary N) is 1. The highest BCUT2D eigenvalue weighted by Gasteiger charge is 2.34. The minimum absolute atomic E-state index is 0.310. The molecule has 35 heavy (non-hydrogen) atoms. The van der Waals surface area contributed by atoms with E-state index in [1.54, 1.807) is 34.5 Å². The number of hydrogen-bond donors (Lipinski definition) is 1. The molecule has 2 heterocycles. The highest BCUT2D eigenvalue weighted by atomic mass is 32.1. The van der Waals surface area contributed by atoms with Crippen LogP contribution in [0, 0.1) is 0 Å². The van der Waals surface area contributed by atoms with Crippen LogP contribution in [0.4, 0.5) is 0 Å². The number of methoxy groups -OCH3 is 4. The summed E-state index contributed by atoms with van der Waals surface area (Å²) in [6.45, 7) is 3.09. The van der Waals surface area contributed by atoms with Crippen LogP contribution in [0.15, 0.2) is 52.7 Å². The molecule has 0 spiro atoms. The van der Waals surface area contributed by atoms with Crippen molar-refractivity contribution in [2.24, 2.45) is 0 Å². The number of allylic oxidation sites excluding steroid dienone is 1. The van der Waals surface area contributed by atoms with Gasteiger partial charge in [0.1, 0.15) is 5.75 Å². The molecular formula is C25H28N4O5S. The van der Waals surface area contributed by atoms with Crippen molar-refractivity contribution in [2.75, 3.05) is 41.6 Å². The van der Waals surface area contributed by atoms with Gasteiger partial charge in [-0.1, -0.05) is 17.3 Å². The van der Waals surface area contributed by atoms with Crippen molar-refractivity contribution in [3.63, 3.8) is 0 Å². The Morgan fingerprint density at radius 1 is 1.03 bits per heavy atom. The first-order valence-electron chi connectivity index (χ1n) is 11.0. The lowest BCUT2D eigenvalue weighted by atomic mass is 9.94. The predicted molar refractivity (Wildman–Crippen MR) is 135 cm³/mol. The third-order valence-corrected chi connectivity index (χ3v) is 6.18. The number of thiocarbonyl (C=S) groups is 1. The summed E-state index contributed by atoms with van der Waals surface area (Å²) >= 11 is 5.69. The molecule has 1 N–H and O–H groups in total. The van der Waals surface area contributed by atoms with Crippen LogP contribution in [0.3, 0.4) is 0 Å². The second kappa shape index (κ2) is 10.7. The average molecular weight is 497 g/mol. The molecule has 0 fully saturated rings. The lowest BCUT2D eigenvalue weighted by molar-refractivity contribution is 0.183. The van der Waals surface area contributed by atoms with E-state index in [9.17, 15) is 0 Å². The van der Waals surface area contributed by atoms with Gasteiger partial charge >= 0.3 is 0 Å². The van der Waals surface area contributed by atoms with E-state index in [1.807, 2.05) is 48.2 Å². The normalized spacial score (nSPS) is 15.7. The van der Waals surface area contributed by atoms with Crippen LogP contribution in [-0.4, -0.2) is 61.7 Å². The van der Waals surface area contributed by atoms with Gasteiger partial charge in [0, 0.05) is 24.9 Å². The molecule has 1 aromatic heterocycles. The number of aromatic nitrogens is 2. The summed E-state index contributed by atoms with van der Waals surface area (Å²) in [5.41, 5.74) is 3.42. The van der Waals surface area contributed by atoms with Gasteiger partial charge in [-0.05, 0) is 55.0 Å². The molecule has 1 aliphatic heterocycles. The highest BCUT2D eigenvalue weighted by molar-refractivity contribution is 7.80. The van der Waals surface area contributed by atoms with Gasteiger partial charge in [-0.3, -0.25) is 0 Å². The summed E-state index contributed by atoms with van der Waals surface area (Å²) in [6, 6.07) is 13.0. The summed E-state index contributed by atoms with van der Waals surface area (Å²) in [5.74, 6) is 2.76. The quantitative estimate of drug-likeness (QED) is 0.437. The highest BCUT2D eigenvalue weighted by Crippen LogP contribution is 2.39. The van der Waals surface area contributed by atoms with Crippen LogP contribution in [0.5, 0.6) is 17.2 Å². The predicted octanol–water partition coefficient (Wildman–Crippen LogP) is 4.07. The zero-order chi connectivity index (χ0) is 24.9. The molecule has 0 aliphatic carbocycles. The van der Waals surface area contributed by atoms with E-state index in [2.05, 4.69) is 10.5 Å². The van der Waals surface area contributed by atoms with Crippen LogP contribution in [-0.2, 0) is 4.74 Å². The Morgan fingerprint density at radius 3 is 2.54 bits per heavy atom. The maximum Gasteiger partial charge on any atom is 0.258 e. The van der Waals surface area contributed by atoms with E-state index in [1.165, 1.54) is 0 Å². The summed E-state index contributed by atoms with van der Waals surface area (Å²) in [4.78, 5) is 6.72. The molecule has 0 saturated carbocycles. The minimum atomic E-state index is -0.310. The fraction of sp³-hybridized carbons (Fsp3) is 0.320. The smallest absolute Gasteiger partial charge is 0.258 e. The van der Waals surface area contributed by atoms with Crippen molar-refractivity contribution in [2.45, 2.75) is 13.0 Å². The Labute approximate surface area is 209 Å². The van der Waals surface area contributed by atoms with Gasteiger partial charge in [-0.25, -0.2) is 0 Å². The van der Waals surface area contributed by atoms with Crippen molar-refractivity contribution in [3.05, 3.63) is 59.6 Å². The second-order valence-corrected chi connectivity index (χ2v) is 8.18. The Hall–Kier alpha value is -3.63. The molecule has 0 amide bonds. The number of ether oxygens (including phenoxy) is 4. The topological polar surface area (TPSA) is 91.1 Å². The SMILES string of the molecule is COCCN1C(=S)NC(c2cccc(OC)c2)C(c2nc(-c3ccc(OC)c(OC)c3)no2)=C1C. The van der Waals surface area contributed by atoms with Crippen LogP contribution in [0.1, 0.15) is 24.4 Å². The summed E-state index contributed by atoms with van der Waals surface area (Å²) < 4.78 is 27.3. The van der Waals surface area contributed by atoms with E-state index in [-0.39, 0.29) is 6.04 Å². The summed E-state index contributed by atoms with van der Waals surface area (Å²) in [7, 11) is 6.47. The van der Waals surface area contributed by atoms with Crippen LogP contribution in [0.2, 0.25) is 0 Å². The maximum atomic E-state index is 5.79. The van der Waals surface area contributed by atoms with Crippen LogP contribution < -0.4 is 19.5 Å². The molecule has 184 valence electrons. The Bertz CT molecular complexity index is 1240. The molecular weight excluding hydrogens is 468 g/mol. The molecule has 0 bridgehead atoms. The fourth-order valence-electron chi connectivity index (χ4n) is 4.01. The molecule has 9 nitrogen and oxygen atoms in total. The van der Waals surface area contributed by atoms with Crippen molar-refractivity contribution >= 4 is 22.9 Å². The zero-order valence-corrected chi connectivity index (χ0v) is 21.1. The van der Waals surface area contributed by atoms with E-state index < -0.39 is 0 Å². The monoisotopic (exact) mass is 496 g/mol. The fourth-order valence-corrected chi connectivity index (χ4v) is 4.35.